The molecule has 0 radical (unpaired) electrons. The van der Waals surface area contributed by atoms with E-state index in [1.807, 2.05) is 34.7 Å². The third kappa shape index (κ3) is 5.49. The van der Waals surface area contributed by atoms with Gasteiger partial charge in [-0.1, -0.05) is 24.3 Å². The van der Waals surface area contributed by atoms with Gasteiger partial charge in [0.05, 0.1) is 10.5 Å². The molecule has 7 nitrogen and oxygen atoms in total. The van der Waals surface area contributed by atoms with Crippen molar-refractivity contribution in [3.05, 3.63) is 72.8 Å². The largest absolute Gasteiger partial charge is 0.348 e. The molecule has 3 rings (SSSR count). The van der Waals surface area contributed by atoms with Crippen LogP contribution in [0, 0.1) is 13.7 Å². The molecule has 0 bridgehead atoms. The standard InChI is InChI=1S/C20H23IN4O3/c1-23-7-9-24(10-8-23)14-16-4-2-3-15(11-16)13-22-20(26)18-12-17(25(27)28)5-6-19(18)21/h2-6,11-12H,7-10,13-14H2,1H3,(H,22,26). The molecule has 1 amide bonds. The van der Waals surface area contributed by atoms with Gasteiger partial charge in [0.15, 0.2) is 0 Å². The molecule has 1 saturated heterocycles. The number of amides is 1. The zero-order chi connectivity index (χ0) is 20.1. The molecular weight excluding hydrogens is 471 g/mol. The fraction of sp³-hybridized carbons (Fsp3) is 0.350. The lowest BCUT2D eigenvalue weighted by Crippen LogP contribution is -2.43. The lowest BCUT2D eigenvalue weighted by atomic mass is 10.1. The van der Waals surface area contributed by atoms with Crippen molar-refractivity contribution in [2.45, 2.75) is 13.1 Å². The van der Waals surface area contributed by atoms with Crippen molar-refractivity contribution in [2.24, 2.45) is 0 Å². The van der Waals surface area contributed by atoms with Crippen LogP contribution in [0.25, 0.3) is 0 Å². The van der Waals surface area contributed by atoms with Crippen molar-refractivity contribution in [3.63, 3.8) is 0 Å². The molecule has 0 unspecified atom stereocenters. The van der Waals surface area contributed by atoms with Gasteiger partial charge in [-0.3, -0.25) is 19.8 Å². The van der Waals surface area contributed by atoms with E-state index in [4.69, 9.17) is 0 Å². The van der Waals surface area contributed by atoms with Crippen LogP contribution in [-0.2, 0) is 13.1 Å². The van der Waals surface area contributed by atoms with Crippen molar-refractivity contribution >= 4 is 34.2 Å². The average Bonchev–Trinajstić information content (AvgIpc) is 2.68. The van der Waals surface area contributed by atoms with Crippen molar-refractivity contribution in [2.75, 3.05) is 33.2 Å². The van der Waals surface area contributed by atoms with Gasteiger partial charge in [0.2, 0.25) is 0 Å². The first kappa shape index (κ1) is 20.7. The SMILES string of the molecule is CN1CCN(Cc2cccc(CNC(=O)c3cc([N+](=O)[O-])ccc3I)c2)CC1. The zero-order valence-electron chi connectivity index (χ0n) is 15.7. The van der Waals surface area contributed by atoms with Crippen molar-refractivity contribution < 1.29 is 9.72 Å². The minimum absolute atomic E-state index is 0.0836. The molecule has 1 heterocycles. The number of carbonyl (C=O) groups excluding carboxylic acids is 1. The Balaban J connectivity index is 1.61. The van der Waals surface area contributed by atoms with Gasteiger partial charge in [-0.25, -0.2) is 0 Å². The summed E-state index contributed by atoms with van der Waals surface area (Å²) >= 11 is 2.02. The number of carbonyl (C=O) groups is 1. The molecule has 8 heteroatoms. The first-order valence-corrected chi connectivity index (χ1v) is 10.2. The third-order valence-corrected chi connectivity index (χ3v) is 5.79. The van der Waals surface area contributed by atoms with Crippen molar-refractivity contribution in [1.29, 1.82) is 0 Å². The number of non-ortho nitro benzene ring substituents is 1. The van der Waals surface area contributed by atoms with Gasteiger partial charge in [-0.2, -0.15) is 0 Å². The van der Waals surface area contributed by atoms with E-state index in [1.165, 1.54) is 17.7 Å². The maximum absolute atomic E-state index is 12.5. The molecule has 1 aliphatic rings. The number of nitro benzene ring substituents is 1. The first-order valence-electron chi connectivity index (χ1n) is 9.13. The monoisotopic (exact) mass is 494 g/mol. The van der Waals surface area contributed by atoms with E-state index < -0.39 is 4.92 Å². The van der Waals surface area contributed by atoms with Crippen molar-refractivity contribution in [3.8, 4) is 0 Å². The number of piperazine rings is 1. The summed E-state index contributed by atoms with van der Waals surface area (Å²) in [5, 5.41) is 13.8. The molecule has 28 heavy (non-hydrogen) atoms. The highest BCUT2D eigenvalue weighted by molar-refractivity contribution is 14.1. The predicted molar refractivity (Wildman–Crippen MR) is 116 cm³/mol. The van der Waals surface area contributed by atoms with E-state index in [-0.39, 0.29) is 11.6 Å². The number of hydrogen-bond acceptors (Lipinski definition) is 5. The summed E-state index contributed by atoms with van der Waals surface area (Å²) < 4.78 is 0.685. The zero-order valence-corrected chi connectivity index (χ0v) is 17.9. The molecule has 1 aliphatic heterocycles. The van der Waals surface area contributed by atoms with E-state index in [1.54, 1.807) is 6.07 Å². The smallest absolute Gasteiger partial charge is 0.270 e. The highest BCUT2D eigenvalue weighted by Crippen LogP contribution is 2.19. The summed E-state index contributed by atoms with van der Waals surface area (Å²) in [7, 11) is 2.14. The lowest BCUT2D eigenvalue weighted by molar-refractivity contribution is -0.384. The Morgan fingerprint density at radius 1 is 1.14 bits per heavy atom. The van der Waals surface area contributed by atoms with Crippen molar-refractivity contribution in [1.82, 2.24) is 15.1 Å². The van der Waals surface area contributed by atoms with Gasteiger partial charge in [0.25, 0.3) is 11.6 Å². The fourth-order valence-electron chi connectivity index (χ4n) is 3.18. The van der Waals surface area contributed by atoms with Gasteiger partial charge in [0, 0.05) is 55.0 Å². The maximum Gasteiger partial charge on any atom is 0.270 e. The minimum Gasteiger partial charge on any atom is -0.348 e. The highest BCUT2D eigenvalue weighted by Gasteiger charge is 2.16. The summed E-state index contributed by atoms with van der Waals surface area (Å²) in [5.74, 6) is -0.308. The molecule has 1 fully saturated rings. The molecule has 0 spiro atoms. The Labute approximate surface area is 178 Å². The number of hydrogen-bond donors (Lipinski definition) is 1. The number of halogens is 1. The summed E-state index contributed by atoms with van der Waals surface area (Å²) in [6.07, 6.45) is 0. The van der Waals surface area contributed by atoms with Gasteiger partial charge in [0.1, 0.15) is 0 Å². The Morgan fingerprint density at radius 3 is 2.57 bits per heavy atom. The summed E-state index contributed by atoms with van der Waals surface area (Å²) in [6, 6.07) is 12.5. The topological polar surface area (TPSA) is 78.7 Å². The Morgan fingerprint density at radius 2 is 1.86 bits per heavy atom. The van der Waals surface area contributed by atoms with Crippen LogP contribution in [0.1, 0.15) is 21.5 Å². The van der Waals surface area contributed by atoms with Crippen LogP contribution in [0.5, 0.6) is 0 Å². The van der Waals surface area contributed by atoms with Gasteiger partial charge >= 0.3 is 0 Å². The van der Waals surface area contributed by atoms with E-state index in [2.05, 4.69) is 34.3 Å². The normalized spacial score (nSPS) is 15.4. The molecule has 0 aliphatic carbocycles. The average molecular weight is 494 g/mol. The second-order valence-corrected chi connectivity index (χ2v) is 8.17. The summed E-state index contributed by atoms with van der Waals surface area (Å²) in [4.78, 5) is 27.7. The minimum atomic E-state index is -0.491. The molecular formula is C20H23IN4O3. The predicted octanol–water partition coefficient (Wildman–Crippen LogP) is 2.88. The second-order valence-electron chi connectivity index (χ2n) is 7.00. The quantitative estimate of drug-likeness (QED) is 0.380. The Bertz CT molecular complexity index is 866. The molecule has 0 atom stereocenters. The number of nitrogens with zero attached hydrogens (tertiary/aromatic N) is 3. The van der Waals surface area contributed by atoms with Crippen LogP contribution < -0.4 is 5.32 Å². The molecule has 148 valence electrons. The number of nitro groups is 1. The van der Waals surface area contributed by atoms with Crippen LogP contribution in [0.15, 0.2) is 42.5 Å². The number of rotatable bonds is 6. The van der Waals surface area contributed by atoms with Crippen LogP contribution >= 0.6 is 22.6 Å². The molecule has 0 saturated carbocycles. The maximum atomic E-state index is 12.5. The molecule has 2 aromatic rings. The molecule has 0 aromatic heterocycles. The summed E-state index contributed by atoms with van der Waals surface area (Å²) in [5.41, 5.74) is 2.48. The number of benzene rings is 2. The van der Waals surface area contributed by atoms with Gasteiger partial charge in [-0.05, 0) is 46.8 Å². The number of likely N-dealkylation sites (N-methyl/N-ethyl adjacent to an activating group) is 1. The molecule has 1 N–H and O–H groups in total. The van der Waals surface area contributed by atoms with E-state index in [9.17, 15) is 14.9 Å². The van der Waals surface area contributed by atoms with E-state index in [0.29, 0.717) is 15.7 Å². The fourth-order valence-corrected chi connectivity index (χ4v) is 3.76. The van der Waals surface area contributed by atoms with Crippen LogP contribution in [0.4, 0.5) is 5.69 Å². The van der Waals surface area contributed by atoms with E-state index in [0.717, 1.165) is 38.3 Å². The second kappa shape index (κ2) is 9.44. The first-order chi connectivity index (χ1) is 13.4. The highest BCUT2D eigenvalue weighted by atomic mass is 127. The Hall–Kier alpha value is -2.04. The van der Waals surface area contributed by atoms with Crippen LogP contribution in [0.3, 0.4) is 0 Å². The van der Waals surface area contributed by atoms with Crippen LogP contribution in [0.2, 0.25) is 0 Å². The number of nitrogens with one attached hydrogen (secondary N) is 1. The molecule has 2 aromatic carbocycles. The lowest BCUT2D eigenvalue weighted by Gasteiger charge is -2.32. The van der Waals surface area contributed by atoms with E-state index >= 15 is 0 Å². The third-order valence-electron chi connectivity index (χ3n) is 4.85. The van der Waals surface area contributed by atoms with Crippen LogP contribution in [-0.4, -0.2) is 53.9 Å². The van der Waals surface area contributed by atoms with Gasteiger partial charge < -0.3 is 10.2 Å². The Kier molecular flexibility index (Phi) is 6.97. The summed E-state index contributed by atoms with van der Waals surface area (Å²) in [6.45, 7) is 5.56. The van der Waals surface area contributed by atoms with Gasteiger partial charge in [-0.15, -0.1) is 0 Å².